The summed E-state index contributed by atoms with van der Waals surface area (Å²) in [7, 11) is 0. The van der Waals surface area contributed by atoms with E-state index in [0.29, 0.717) is 0 Å². The molecular weight excluding hydrogens is 414 g/mol. The summed E-state index contributed by atoms with van der Waals surface area (Å²) in [5.41, 5.74) is 15.8. The molecule has 12 N–H and O–H groups in total. The lowest BCUT2D eigenvalue weighted by molar-refractivity contribution is -0.143. The maximum absolute atomic E-state index is 12.5. The summed E-state index contributed by atoms with van der Waals surface area (Å²) in [6, 6.07) is -5.30. The summed E-state index contributed by atoms with van der Waals surface area (Å²) in [6.45, 7) is 3.96. The number of nitrogens with two attached hydrogens (primary N) is 3. The molecular formula is C17H33N7O7. The van der Waals surface area contributed by atoms with Gasteiger partial charge in [-0.2, -0.15) is 0 Å². The number of aliphatic hydroxyl groups is 2. The third kappa shape index (κ3) is 10.6. The molecule has 0 saturated carbocycles. The van der Waals surface area contributed by atoms with Crippen molar-refractivity contribution < 1.29 is 34.5 Å². The van der Waals surface area contributed by atoms with Crippen molar-refractivity contribution in [3.8, 4) is 0 Å². The lowest BCUT2D eigenvalue weighted by Crippen LogP contribution is -2.61. The number of carboxylic acid groups (broad SMARTS) is 1. The van der Waals surface area contributed by atoms with E-state index in [1.807, 2.05) is 0 Å². The number of rotatable bonds is 13. The van der Waals surface area contributed by atoms with Crippen LogP contribution in [0.2, 0.25) is 0 Å². The van der Waals surface area contributed by atoms with Crippen molar-refractivity contribution in [2.24, 2.45) is 22.2 Å². The summed E-state index contributed by atoms with van der Waals surface area (Å²) >= 11 is 0. The molecule has 0 aliphatic carbocycles. The van der Waals surface area contributed by atoms with Gasteiger partial charge in [0, 0.05) is 6.54 Å². The first-order valence-electron chi connectivity index (χ1n) is 9.58. The monoisotopic (exact) mass is 447 g/mol. The van der Waals surface area contributed by atoms with Gasteiger partial charge in [-0.3, -0.25) is 19.4 Å². The molecule has 0 aromatic rings. The highest BCUT2D eigenvalue weighted by Crippen LogP contribution is 2.03. The Hall–Kier alpha value is -2.97. The van der Waals surface area contributed by atoms with Crippen LogP contribution in [-0.2, 0) is 19.2 Å². The van der Waals surface area contributed by atoms with E-state index in [1.165, 1.54) is 20.8 Å². The molecule has 31 heavy (non-hydrogen) atoms. The van der Waals surface area contributed by atoms with E-state index in [2.05, 4.69) is 20.9 Å². The van der Waals surface area contributed by atoms with Crippen molar-refractivity contribution in [3.05, 3.63) is 0 Å². The Kier molecular flexibility index (Phi) is 12.1. The molecule has 0 spiro atoms. The molecule has 0 rings (SSSR count). The zero-order valence-corrected chi connectivity index (χ0v) is 17.7. The summed E-state index contributed by atoms with van der Waals surface area (Å²) < 4.78 is 0. The second-order valence-corrected chi connectivity index (χ2v) is 7.09. The fourth-order valence-corrected chi connectivity index (χ4v) is 2.36. The average Bonchev–Trinajstić information content (AvgIpc) is 2.64. The number of nitrogens with one attached hydrogen (secondary N) is 3. The van der Waals surface area contributed by atoms with E-state index in [-0.39, 0.29) is 25.3 Å². The van der Waals surface area contributed by atoms with Crippen molar-refractivity contribution in [2.45, 2.75) is 70.0 Å². The molecule has 14 nitrogen and oxygen atoms in total. The van der Waals surface area contributed by atoms with Crippen LogP contribution in [0.3, 0.4) is 0 Å². The standard InChI is InChI=1S/C17H33N7O7/c1-7(18)13(27)23-12(9(3)26)15(29)24-11(8(2)25)14(28)22-10(16(30)31)5-4-6-21-17(19)20/h7-12,25-26H,4-6,18H2,1-3H3,(H,22,28)(H,23,27)(H,24,29)(H,30,31)(H4,19,20,21). The van der Waals surface area contributed by atoms with Crippen LogP contribution in [-0.4, -0.2) is 87.9 Å². The predicted octanol–water partition coefficient (Wildman–Crippen LogP) is -4.31. The van der Waals surface area contributed by atoms with Crippen LogP contribution >= 0.6 is 0 Å². The normalized spacial score (nSPS) is 16.6. The van der Waals surface area contributed by atoms with Gasteiger partial charge >= 0.3 is 5.97 Å². The molecule has 178 valence electrons. The number of nitrogens with zero attached hydrogens (tertiary/aromatic N) is 1. The van der Waals surface area contributed by atoms with Gasteiger partial charge in [-0.1, -0.05) is 0 Å². The van der Waals surface area contributed by atoms with E-state index < -0.39 is 60.1 Å². The van der Waals surface area contributed by atoms with E-state index in [4.69, 9.17) is 17.2 Å². The van der Waals surface area contributed by atoms with Gasteiger partial charge in [0.15, 0.2) is 5.96 Å². The van der Waals surface area contributed by atoms with Gasteiger partial charge < -0.3 is 48.5 Å². The molecule has 0 aliphatic rings. The van der Waals surface area contributed by atoms with Crippen molar-refractivity contribution in [3.63, 3.8) is 0 Å². The predicted molar refractivity (Wildman–Crippen MR) is 110 cm³/mol. The topological polar surface area (TPSA) is 255 Å². The second-order valence-electron chi connectivity index (χ2n) is 7.09. The molecule has 14 heteroatoms. The van der Waals surface area contributed by atoms with E-state index in [1.54, 1.807) is 0 Å². The van der Waals surface area contributed by atoms with Crippen LogP contribution in [0.4, 0.5) is 0 Å². The van der Waals surface area contributed by atoms with Gasteiger partial charge in [0.05, 0.1) is 18.2 Å². The van der Waals surface area contributed by atoms with Crippen LogP contribution < -0.4 is 33.2 Å². The Morgan fingerprint density at radius 3 is 1.71 bits per heavy atom. The Morgan fingerprint density at radius 2 is 1.32 bits per heavy atom. The summed E-state index contributed by atoms with van der Waals surface area (Å²) in [5.74, 6) is -4.15. The van der Waals surface area contributed by atoms with Crippen LogP contribution in [0.1, 0.15) is 33.6 Å². The molecule has 0 fully saturated rings. The fraction of sp³-hybridized carbons (Fsp3) is 0.706. The first kappa shape index (κ1) is 28.0. The van der Waals surface area contributed by atoms with E-state index >= 15 is 0 Å². The lowest BCUT2D eigenvalue weighted by atomic mass is 10.1. The number of carboxylic acids is 1. The van der Waals surface area contributed by atoms with E-state index in [0.717, 1.165) is 0 Å². The maximum atomic E-state index is 12.5. The van der Waals surface area contributed by atoms with Crippen molar-refractivity contribution in [1.82, 2.24) is 16.0 Å². The number of aliphatic hydroxyl groups excluding tert-OH is 2. The minimum atomic E-state index is -1.56. The molecule has 0 aromatic carbocycles. The second kappa shape index (κ2) is 13.4. The Labute approximate surface area is 179 Å². The van der Waals surface area contributed by atoms with Crippen molar-refractivity contribution in [1.29, 1.82) is 0 Å². The highest BCUT2D eigenvalue weighted by Gasteiger charge is 2.33. The Bertz CT molecular complexity index is 663. The molecule has 3 amide bonds. The minimum Gasteiger partial charge on any atom is -0.480 e. The summed E-state index contributed by atoms with van der Waals surface area (Å²) in [5, 5.41) is 35.7. The number of hydrogen-bond donors (Lipinski definition) is 9. The van der Waals surface area contributed by atoms with E-state index in [9.17, 15) is 34.5 Å². The van der Waals surface area contributed by atoms with Gasteiger partial charge in [0.1, 0.15) is 18.1 Å². The smallest absolute Gasteiger partial charge is 0.326 e. The molecule has 0 heterocycles. The number of hydrogen-bond acceptors (Lipinski definition) is 8. The molecule has 0 bridgehead atoms. The first-order valence-corrected chi connectivity index (χ1v) is 9.58. The maximum Gasteiger partial charge on any atom is 0.326 e. The highest BCUT2D eigenvalue weighted by atomic mass is 16.4. The van der Waals surface area contributed by atoms with Gasteiger partial charge in [0.2, 0.25) is 17.7 Å². The van der Waals surface area contributed by atoms with Crippen LogP contribution in [0.5, 0.6) is 0 Å². The first-order chi connectivity index (χ1) is 14.3. The van der Waals surface area contributed by atoms with Crippen LogP contribution in [0.15, 0.2) is 4.99 Å². The number of guanidine groups is 1. The quantitative estimate of drug-likeness (QED) is 0.0745. The lowest BCUT2D eigenvalue weighted by Gasteiger charge is -2.27. The average molecular weight is 447 g/mol. The third-order valence-corrected chi connectivity index (χ3v) is 4.10. The molecule has 0 aromatic heterocycles. The molecule has 6 atom stereocenters. The Balaban J connectivity index is 5.23. The molecule has 0 aliphatic heterocycles. The number of aliphatic carboxylic acids is 1. The minimum absolute atomic E-state index is 0.0148. The Morgan fingerprint density at radius 1 is 0.871 bits per heavy atom. The highest BCUT2D eigenvalue weighted by molar-refractivity contribution is 5.94. The zero-order chi connectivity index (χ0) is 24.3. The summed E-state index contributed by atoms with van der Waals surface area (Å²) in [4.78, 5) is 51.9. The third-order valence-electron chi connectivity index (χ3n) is 4.10. The number of carbonyl (C=O) groups excluding carboxylic acids is 3. The van der Waals surface area contributed by atoms with Crippen molar-refractivity contribution >= 4 is 29.7 Å². The number of carbonyl (C=O) groups is 4. The van der Waals surface area contributed by atoms with Crippen LogP contribution in [0.25, 0.3) is 0 Å². The van der Waals surface area contributed by atoms with Gasteiger partial charge in [-0.15, -0.1) is 0 Å². The van der Waals surface area contributed by atoms with Gasteiger partial charge in [-0.05, 0) is 33.6 Å². The number of aliphatic imine (C=N–C) groups is 1. The number of amides is 3. The molecule has 6 unspecified atom stereocenters. The van der Waals surface area contributed by atoms with Gasteiger partial charge in [-0.25, -0.2) is 4.79 Å². The van der Waals surface area contributed by atoms with Gasteiger partial charge in [0.25, 0.3) is 0 Å². The summed E-state index contributed by atoms with van der Waals surface area (Å²) in [6.07, 6.45) is -2.53. The molecule has 0 saturated heterocycles. The van der Waals surface area contributed by atoms with Crippen molar-refractivity contribution in [2.75, 3.05) is 6.54 Å². The van der Waals surface area contributed by atoms with Crippen LogP contribution in [0, 0.1) is 0 Å². The fourth-order valence-electron chi connectivity index (χ4n) is 2.36. The largest absolute Gasteiger partial charge is 0.480 e. The molecule has 0 radical (unpaired) electrons. The zero-order valence-electron chi connectivity index (χ0n) is 17.7. The SMILES string of the molecule is CC(N)C(=O)NC(C(=O)NC(C(=O)NC(CCCN=C(N)N)C(=O)O)C(C)O)C(C)O.